The van der Waals surface area contributed by atoms with Crippen LogP contribution in [0.3, 0.4) is 0 Å². The van der Waals surface area contributed by atoms with Gasteiger partial charge in [0.2, 0.25) is 0 Å². The maximum absolute atomic E-state index is 11.8. The van der Waals surface area contributed by atoms with E-state index in [2.05, 4.69) is 10.6 Å². The fraction of sp³-hybridized carbons (Fsp3) is 0.500. The Morgan fingerprint density at radius 2 is 2.53 bits per heavy atom. The average molecular weight is 228 g/mol. The standard InChI is InChI=1S/C10H14ClN3O/c1-14-6-7(11)4-9(14)10(15)13-8-2-3-12-5-8/h4,6,8,12H,2-3,5H2,1H3,(H,13,15). The van der Waals surface area contributed by atoms with Crippen molar-refractivity contribution in [3.05, 3.63) is 23.0 Å². The first-order valence-corrected chi connectivity index (χ1v) is 5.38. The second kappa shape index (κ2) is 4.24. The van der Waals surface area contributed by atoms with E-state index in [1.54, 1.807) is 16.8 Å². The number of aromatic nitrogens is 1. The van der Waals surface area contributed by atoms with Gasteiger partial charge in [-0.3, -0.25) is 4.79 Å². The van der Waals surface area contributed by atoms with E-state index in [4.69, 9.17) is 11.6 Å². The molecule has 1 aliphatic rings. The number of carbonyl (C=O) groups is 1. The number of amides is 1. The fourth-order valence-electron chi connectivity index (χ4n) is 1.79. The lowest BCUT2D eigenvalue weighted by atomic mass is 10.2. The third-order valence-electron chi connectivity index (χ3n) is 2.60. The Balaban J connectivity index is 2.03. The van der Waals surface area contributed by atoms with Crippen molar-refractivity contribution in [1.29, 1.82) is 0 Å². The van der Waals surface area contributed by atoms with Crippen molar-refractivity contribution in [2.75, 3.05) is 13.1 Å². The zero-order valence-electron chi connectivity index (χ0n) is 8.59. The summed E-state index contributed by atoms with van der Waals surface area (Å²) in [6.45, 7) is 1.82. The summed E-state index contributed by atoms with van der Waals surface area (Å²) in [6, 6.07) is 1.92. The maximum Gasteiger partial charge on any atom is 0.268 e. The molecule has 15 heavy (non-hydrogen) atoms. The molecule has 82 valence electrons. The molecule has 1 aromatic heterocycles. The van der Waals surface area contributed by atoms with E-state index in [1.165, 1.54) is 0 Å². The molecule has 4 nitrogen and oxygen atoms in total. The molecule has 2 heterocycles. The highest BCUT2D eigenvalue weighted by atomic mass is 35.5. The largest absolute Gasteiger partial charge is 0.347 e. The van der Waals surface area contributed by atoms with Gasteiger partial charge in [0.25, 0.3) is 5.91 Å². The molecule has 0 spiro atoms. The molecule has 5 heteroatoms. The second-order valence-electron chi connectivity index (χ2n) is 3.82. The van der Waals surface area contributed by atoms with Crippen LogP contribution in [-0.4, -0.2) is 29.6 Å². The molecule has 1 aromatic rings. The zero-order valence-corrected chi connectivity index (χ0v) is 9.34. The third kappa shape index (κ3) is 2.33. The molecule has 0 aliphatic carbocycles. The van der Waals surface area contributed by atoms with Gasteiger partial charge < -0.3 is 15.2 Å². The van der Waals surface area contributed by atoms with Gasteiger partial charge in [-0.25, -0.2) is 0 Å². The summed E-state index contributed by atoms with van der Waals surface area (Å²) >= 11 is 5.81. The molecule has 0 bridgehead atoms. The maximum atomic E-state index is 11.8. The third-order valence-corrected chi connectivity index (χ3v) is 2.81. The van der Waals surface area contributed by atoms with E-state index in [1.807, 2.05) is 7.05 Å². The van der Waals surface area contributed by atoms with Crippen LogP contribution in [0.5, 0.6) is 0 Å². The van der Waals surface area contributed by atoms with Crippen LogP contribution in [0.25, 0.3) is 0 Å². The van der Waals surface area contributed by atoms with Crippen LogP contribution in [0.1, 0.15) is 16.9 Å². The fourth-order valence-corrected chi connectivity index (χ4v) is 2.04. The predicted molar refractivity (Wildman–Crippen MR) is 59.2 cm³/mol. The van der Waals surface area contributed by atoms with Crippen LogP contribution in [0.15, 0.2) is 12.3 Å². The molecule has 0 radical (unpaired) electrons. The number of aryl methyl sites for hydroxylation is 1. The molecule has 1 unspecified atom stereocenters. The molecular weight excluding hydrogens is 214 g/mol. The van der Waals surface area contributed by atoms with Crippen LogP contribution in [0.4, 0.5) is 0 Å². The van der Waals surface area contributed by atoms with Gasteiger partial charge in [0.15, 0.2) is 0 Å². The number of hydrogen-bond acceptors (Lipinski definition) is 2. The van der Waals surface area contributed by atoms with Gasteiger partial charge in [0.05, 0.1) is 5.02 Å². The highest BCUT2D eigenvalue weighted by Crippen LogP contribution is 2.13. The molecule has 0 saturated carbocycles. The van der Waals surface area contributed by atoms with E-state index < -0.39 is 0 Å². The van der Waals surface area contributed by atoms with Crippen LogP contribution in [-0.2, 0) is 7.05 Å². The SMILES string of the molecule is Cn1cc(Cl)cc1C(=O)NC1CCNC1. The minimum atomic E-state index is -0.0573. The Labute approximate surface area is 93.6 Å². The van der Waals surface area contributed by atoms with Crippen molar-refractivity contribution in [2.24, 2.45) is 7.05 Å². The summed E-state index contributed by atoms with van der Waals surface area (Å²) < 4.78 is 1.74. The highest BCUT2D eigenvalue weighted by molar-refractivity contribution is 6.31. The van der Waals surface area contributed by atoms with Gasteiger partial charge in [-0.05, 0) is 19.0 Å². The van der Waals surface area contributed by atoms with Crippen molar-refractivity contribution in [3.63, 3.8) is 0 Å². The molecule has 1 saturated heterocycles. The number of nitrogens with zero attached hydrogens (tertiary/aromatic N) is 1. The lowest BCUT2D eigenvalue weighted by Gasteiger charge is -2.11. The number of hydrogen-bond donors (Lipinski definition) is 2. The monoisotopic (exact) mass is 227 g/mol. The van der Waals surface area contributed by atoms with E-state index in [0.717, 1.165) is 19.5 Å². The predicted octanol–water partition coefficient (Wildman–Crippen LogP) is 0.770. The molecule has 1 atom stereocenters. The quantitative estimate of drug-likeness (QED) is 0.784. The summed E-state index contributed by atoms with van der Waals surface area (Å²) in [5.74, 6) is -0.0573. The summed E-state index contributed by atoms with van der Waals surface area (Å²) in [5, 5.41) is 6.76. The zero-order chi connectivity index (χ0) is 10.8. The molecule has 2 N–H and O–H groups in total. The normalized spacial score (nSPS) is 20.5. The van der Waals surface area contributed by atoms with E-state index in [9.17, 15) is 4.79 Å². The van der Waals surface area contributed by atoms with Crippen molar-refractivity contribution in [3.8, 4) is 0 Å². The van der Waals surface area contributed by atoms with Gasteiger partial charge in [0, 0.05) is 25.8 Å². The lowest BCUT2D eigenvalue weighted by molar-refractivity contribution is 0.0932. The Kier molecular flexibility index (Phi) is 2.98. The lowest BCUT2D eigenvalue weighted by Crippen LogP contribution is -2.37. The Morgan fingerprint density at radius 3 is 3.07 bits per heavy atom. The van der Waals surface area contributed by atoms with Crippen LogP contribution >= 0.6 is 11.6 Å². The van der Waals surface area contributed by atoms with Crippen molar-refractivity contribution < 1.29 is 4.79 Å². The average Bonchev–Trinajstić information content (AvgIpc) is 2.75. The van der Waals surface area contributed by atoms with Crippen molar-refractivity contribution >= 4 is 17.5 Å². The minimum Gasteiger partial charge on any atom is -0.347 e. The smallest absolute Gasteiger partial charge is 0.268 e. The number of halogens is 1. The molecule has 1 fully saturated rings. The second-order valence-corrected chi connectivity index (χ2v) is 4.25. The molecule has 1 amide bonds. The number of carbonyl (C=O) groups excluding carboxylic acids is 1. The first-order chi connectivity index (χ1) is 7.16. The van der Waals surface area contributed by atoms with Gasteiger partial charge in [-0.15, -0.1) is 0 Å². The van der Waals surface area contributed by atoms with E-state index in [0.29, 0.717) is 10.7 Å². The number of rotatable bonds is 2. The van der Waals surface area contributed by atoms with Gasteiger partial charge >= 0.3 is 0 Å². The Hall–Kier alpha value is -1.00. The van der Waals surface area contributed by atoms with Gasteiger partial charge in [-0.2, -0.15) is 0 Å². The van der Waals surface area contributed by atoms with Gasteiger partial charge in [0.1, 0.15) is 5.69 Å². The molecule has 1 aliphatic heterocycles. The molecular formula is C10H14ClN3O. The Bertz CT molecular complexity index is 369. The molecule has 2 rings (SSSR count). The first-order valence-electron chi connectivity index (χ1n) is 5.00. The highest BCUT2D eigenvalue weighted by Gasteiger charge is 2.19. The van der Waals surface area contributed by atoms with Crippen LogP contribution in [0, 0.1) is 0 Å². The molecule has 0 aromatic carbocycles. The summed E-state index contributed by atoms with van der Waals surface area (Å²) in [6.07, 6.45) is 2.72. The van der Waals surface area contributed by atoms with Crippen molar-refractivity contribution in [1.82, 2.24) is 15.2 Å². The van der Waals surface area contributed by atoms with E-state index >= 15 is 0 Å². The van der Waals surface area contributed by atoms with E-state index in [-0.39, 0.29) is 11.9 Å². The summed E-state index contributed by atoms with van der Waals surface area (Å²) in [7, 11) is 1.81. The summed E-state index contributed by atoms with van der Waals surface area (Å²) in [5.41, 5.74) is 0.604. The number of nitrogens with one attached hydrogen (secondary N) is 2. The van der Waals surface area contributed by atoms with Crippen molar-refractivity contribution in [2.45, 2.75) is 12.5 Å². The topological polar surface area (TPSA) is 46.1 Å². The Morgan fingerprint density at radius 1 is 1.73 bits per heavy atom. The first kappa shape index (κ1) is 10.5. The van der Waals surface area contributed by atoms with Crippen LogP contribution in [0.2, 0.25) is 5.02 Å². The van der Waals surface area contributed by atoms with Gasteiger partial charge in [-0.1, -0.05) is 11.6 Å². The minimum absolute atomic E-state index is 0.0573. The van der Waals surface area contributed by atoms with Crippen LogP contribution < -0.4 is 10.6 Å². The summed E-state index contributed by atoms with van der Waals surface area (Å²) in [4.78, 5) is 11.8.